The number of anilines is 1. The highest BCUT2D eigenvalue weighted by Crippen LogP contribution is 2.28. The molecule has 112 valence electrons. The molecule has 4 nitrogen and oxygen atoms in total. The fourth-order valence-electron chi connectivity index (χ4n) is 2.76. The second kappa shape index (κ2) is 6.48. The molecule has 20 heavy (non-hydrogen) atoms. The summed E-state index contributed by atoms with van der Waals surface area (Å²) in [5.74, 6) is 0.384. The number of nitrogens with one attached hydrogen (secondary N) is 1. The van der Waals surface area contributed by atoms with Crippen LogP contribution in [-0.4, -0.2) is 19.3 Å². The molecular weight excluding hydrogens is 274 g/mol. The smallest absolute Gasteiger partial charge is 0.233 e. The van der Waals surface area contributed by atoms with E-state index >= 15 is 0 Å². The molecule has 0 aromatic heterocycles. The zero-order valence-corrected chi connectivity index (χ0v) is 12.7. The van der Waals surface area contributed by atoms with Crippen LogP contribution in [-0.2, 0) is 16.4 Å². The van der Waals surface area contributed by atoms with Crippen LogP contribution in [0.4, 0.5) is 5.69 Å². The maximum atomic E-state index is 12.2. The summed E-state index contributed by atoms with van der Waals surface area (Å²) in [6, 6.07) is 5.04. The van der Waals surface area contributed by atoms with Gasteiger partial charge in [-0.25, -0.2) is 8.42 Å². The normalized spacial score (nSPS) is 17.1. The van der Waals surface area contributed by atoms with Gasteiger partial charge in [0.2, 0.25) is 10.0 Å². The van der Waals surface area contributed by atoms with E-state index in [1.807, 2.05) is 6.92 Å². The number of phenolic OH excluding ortho intramolecular Hbond substituents is 1. The van der Waals surface area contributed by atoms with Crippen molar-refractivity contribution in [1.82, 2.24) is 0 Å². The molecule has 5 heteroatoms. The Bertz CT molecular complexity index is 548. The molecule has 1 aromatic rings. The van der Waals surface area contributed by atoms with Crippen molar-refractivity contribution in [3.8, 4) is 5.75 Å². The zero-order chi connectivity index (χ0) is 14.6. The summed E-state index contributed by atoms with van der Waals surface area (Å²) in [5, 5.41) is 9.77. The predicted molar refractivity (Wildman–Crippen MR) is 81.5 cm³/mol. The van der Waals surface area contributed by atoms with Crippen LogP contribution >= 0.6 is 0 Å². The molecule has 1 fully saturated rings. The first-order chi connectivity index (χ1) is 9.50. The van der Waals surface area contributed by atoms with Gasteiger partial charge in [-0.05, 0) is 42.9 Å². The standard InChI is InChI=1S/C15H23NO3S/c1-2-12-8-9-15(17)14(10-12)16-20(18,19)11-13-6-4-3-5-7-13/h8-10,13,16-17H,2-7,11H2,1H3. The van der Waals surface area contributed by atoms with Gasteiger partial charge in [0, 0.05) is 0 Å². The van der Waals surface area contributed by atoms with E-state index in [2.05, 4.69) is 4.72 Å². The first kappa shape index (κ1) is 15.2. The Kier molecular flexibility index (Phi) is 4.91. The van der Waals surface area contributed by atoms with E-state index in [0.717, 1.165) is 37.7 Å². The SMILES string of the molecule is CCc1ccc(O)c(NS(=O)(=O)CC2CCCCC2)c1. The van der Waals surface area contributed by atoms with Crippen molar-refractivity contribution in [2.75, 3.05) is 10.5 Å². The van der Waals surface area contributed by atoms with Gasteiger partial charge in [-0.2, -0.15) is 0 Å². The molecule has 0 radical (unpaired) electrons. The Balaban J connectivity index is 2.07. The minimum Gasteiger partial charge on any atom is -0.506 e. The van der Waals surface area contributed by atoms with E-state index in [4.69, 9.17) is 0 Å². The lowest BCUT2D eigenvalue weighted by Crippen LogP contribution is -2.24. The van der Waals surface area contributed by atoms with Crippen LogP contribution in [0.1, 0.15) is 44.6 Å². The molecule has 0 amide bonds. The summed E-state index contributed by atoms with van der Waals surface area (Å²) in [6.07, 6.45) is 6.23. The molecular formula is C15H23NO3S. The lowest BCUT2D eigenvalue weighted by atomic mass is 9.91. The van der Waals surface area contributed by atoms with Crippen molar-refractivity contribution in [3.05, 3.63) is 23.8 Å². The molecule has 1 aliphatic carbocycles. The zero-order valence-electron chi connectivity index (χ0n) is 11.9. The number of aromatic hydroxyl groups is 1. The number of phenols is 1. The van der Waals surface area contributed by atoms with Crippen LogP contribution in [0.3, 0.4) is 0 Å². The number of sulfonamides is 1. The Morgan fingerprint density at radius 1 is 1.25 bits per heavy atom. The molecule has 0 saturated heterocycles. The summed E-state index contributed by atoms with van der Waals surface area (Å²) in [6.45, 7) is 1.99. The summed E-state index contributed by atoms with van der Waals surface area (Å²) < 4.78 is 26.9. The molecule has 0 aliphatic heterocycles. The predicted octanol–water partition coefficient (Wildman–Crippen LogP) is 3.28. The van der Waals surface area contributed by atoms with Gasteiger partial charge in [0.25, 0.3) is 0 Å². The first-order valence-corrected chi connectivity index (χ1v) is 8.98. The van der Waals surface area contributed by atoms with Crippen LogP contribution < -0.4 is 4.72 Å². The topological polar surface area (TPSA) is 66.4 Å². The monoisotopic (exact) mass is 297 g/mol. The number of benzene rings is 1. The van der Waals surface area contributed by atoms with Crippen LogP contribution in [0, 0.1) is 5.92 Å². The molecule has 1 aromatic carbocycles. The average Bonchev–Trinajstić information content (AvgIpc) is 2.41. The second-order valence-electron chi connectivity index (χ2n) is 5.59. The van der Waals surface area contributed by atoms with E-state index in [0.29, 0.717) is 5.69 Å². The molecule has 2 N–H and O–H groups in total. The third kappa shape index (κ3) is 4.13. The molecule has 1 saturated carbocycles. The van der Waals surface area contributed by atoms with Gasteiger partial charge in [-0.1, -0.05) is 32.3 Å². The summed E-state index contributed by atoms with van der Waals surface area (Å²) in [7, 11) is -3.39. The van der Waals surface area contributed by atoms with Crippen molar-refractivity contribution in [2.45, 2.75) is 45.4 Å². The van der Waals surface area contributed by atoms with E-state index < -0.39 is 10.0 Å². The minimum atomic E-state index is -3.39. The Morgan fingerprint density at radius 2 is 1.95 bits per heavy atom. The van der Waals surface area contributed by atoms with E-state index in [1.54, 1.807) is 12.1 Å². The van der Waals surface area contributed by atoms with E-state index in [1.165, 1.54) is 12.5 Å². The van der Waals surface area contributed by atoms with Gasteiger partial charge in [-0.3, -0.25) is 4.72 Å². The van der Waals surface area contributed by atoms with Crippen LogP contribution in [0.15, 0.2) is 18.2 Å². The van der Waals surface area contributed by atoms with Gasteiger partial charge < -0.3 is 5.11 Å². The largest absolute Gasteiger partial charge is 0.506 e. The third-order valence-electron chi connectivity index (χ3n) is 3.91. The first-order valence-electron chi connectivity index (χ1n) is 7.32. The average molecular weight is 297 g/mol. The molecule has 1 aliphatic rings. The molecule has 0 heterocycles. The number of hydrogen-bond acceptors (Lipinski definition) is 3. The fraction of sp³-hybridized carbons (Fsp3) is 0.600. The Labute approximate surface area is 121 Å². The maximum absolute atomic E-state index is 12.2. The Hall–Kier alpha value is -1.23. The van der Waals surface area contributed by atoms with Crippen molar-refractivity contribution < 1.29 is 13.5 Å². The van der Waals surface area contributed by atoms with E-state index in [9.17, 15) is 13.5 Å². The van der Waals surface area contributed by atoms with Gasteiger partial charge in [-0.15, -0.1) is 0 Å². The van der Waals surface area contributed by atoms with Gasteiger partial charge in [0.15, 0.2) is 0 Å². The van der Waals surface area contributed by atoms with Crippen molar-refractivity contribution >= 4 is 15.7 Å². The van der Waals surface area contributed by atoms with Gasteiger partial charge in [0.05, 0.1) is 11.4 Å². The highest BCUT2D eigenvalue weighted by molar-refractivity contribution is 7.92. The van der Waals surface area contributed by atoms with Crippen molar-refractivity contribution in [1.29, 1.82) is 0 Å². The summed E-state index contributed by atoms with van der Waals surface area (Å²) in [5.41, 5.74) is 1.29. The quantitative estimate of drug-likeness (QED) is 0.820. The Morgan fingerprint density at radius 3 is 2.60 bits per heavy atom. The number of hydrogen-bond donors (Lipinski definition) is 2. The maximum Gasteiger partial charge on any atom is 0.233 e. The summed E-state index contributed by atoms with van der Waals surface area (Å²) >= 11 is 0. The van der Waals surface area contributed by atoms with Gasteiger partial charge in [0.1, 0.15) is 5.75 Å². The van der Waals surface area contributed by atoms with Crippen molar-refractivity contribution in [3.63, 3.8) is 0 Å². The van der Waals surface area contributed by atoms with Gasteiger partial charge >= 0.3 is 0 Å². The number of rotatable bonds is 5. The second-order valence-corrected chi connectivity index (χ2v) is 7.36. The highest BCUT2D eigenvalue weighted by Gasteiger charge is 2.22. The molecule has 0 unspecified atom stereocenters. The lowest BCUT2D eigenvalue weighted by molar-refractivity contribution is 0.385. The van der Waals surface area contributed by atoms with Crippen LogP contribution in [0.5, 0.6) is 5.75 Å². The van der Waals surface area contributed by atoms with E-state index in [-0.39, 0.29) is 17.4 Å². The molecule has 2 rings (SSSR count). The summed E-state index contributed by atoms with van der Waals surface area (Å²) in [4.78, 5) is 0. The highest BCUT2D eigenvalue weighted by atomic mass is 32.2. The molecule has 0 spiro atoms. The fourth-order valence-corrected chi connectivity index (χ4v) is 4.29. The third-order valence-corrected chi connectivity index (χ3v) is 5.36. The van der Waals surface area contributed by atoms with Crippen LogP contribution in [0.25, 0.3) is 0 Å². The minimum absolute atomic E-state index is 0.0191. The van der Waals surface area contributed by atoms with Crippen molar-refractivity contribution in [2.24, 2.45) is 5.92 Å². The number of aryl methyl sites for hydroxylation is 1. The molecule has 0 bridgehead atoms. The lowest BCUT2D eigenvalue weighted by Gasteiger charge is -2.21. The molecule has 0 atom stereocenters. The van der Waals surface area contributed by atoms with Crippen LogP contribution in [0.2, 0.25) is 0 Å².